The lowest BCUT2D eigenvalue weighted by molar-refractivity contribution is -0.121. The Morgan fingerprint density at radius 2 is 2.17 bits per heavy atom. The standard InChI is InChI=1S/C15H23N3O3S2/c1-13(14-3-2-4-16-12-14)11-15(19)17-5-10-23(20,21)18-6-8-22-9-7-18/h2-4,12-13H,5-11H2,1H3,(H,17,19)/t13-/m0/s1. The van der Waals surface area contributed by atoms with Crippen LogP contribution >= 0.6 is 11.8 Å². The van der Waals surface area contributed by atoms with Gasteiger partial charge in [0.2, 0.25) is 15.9 Å². The molecule has 1 saturated heterocycles. The van der Waals surface area contributed by atoms with E-state index in [2.05, 4.69) is 10.3 Å². The van der Waals surface area contributed by atoms with Gasteiger partial charge in [-0.1, -0.05) is 13.0 Å². The highest BCUT2D eigenvalue weighted by Crippen LogP contribution is 2.17. The van der Waals surface area contributed by atoms with E-state index in [9.17, 15) is 13.2 Å². The van der Waals surface area contributed by atoms with Gasteiger partial charge in [-0.05, 0) is 17.5 Å². The molecule has 6 nitrogen and oxygen atoms in total. The number of pyridine rings is 1. The molecule has 0 radical (unpaired) electrons. The highest BCUT2D eigenvalue weighted by atomic mass is 32.2. The van der Waals surface area contributed by atoms with Gasteiger partial charge in [0, 0.05) is 50.0 Å². The average molecular weight is 358 g/mol. The number of nitrogens with zero attached hydrogens (tertiary/aromatic N) is 2. The van der Waals surface area contributed by atoms with Crippen molar-refractivity contribution in [3.8, 4) is 0 Å². The van der Waals surface area contributed by atoms with Crippen molar-refractivity contribution in [1.29, 1.82) is 0 Å². The number of sulfonamides is 1. The number of hydrogen-bond donors (Lipinski definition) is 1. The van der Waals surface area contributed by atoms with Crippen molar-refractivity contribution in [2.75, 3.05) is 36.9 Å². The van der Waals surface area contributed by atoms with E-state index in [1.165, 1.54) is 4.31 Å². The van der Waals surface area contributed by atoms with E-state index >= 15 is 0 Å². The van der Waals surface area contributed by atoms with Crippen LogP contribution in [-0.2, 0) is 14.8 Å². The Balaban J connectivity index is 1.74. The molecule has 2 heterocycles. The first-order valence-electron chi connectivity index (χ1n) is 7.71. The third-order valence-electron chi connectivity index (χ3n) is 3.79. The summed E-state index contributed by atoms with van der Waals surface area (Å²) in [4.78, 5) is 16.0. The molecule has 1 aromatic heterocycles. The van der Waals surface area contributed by atoms with Crippen LogP contribution in [0.1, 0.15) is 24.8 Å². The van der Waals surface area contributed by atoms with E-state index < -0.39 is 10.0 Å². The van der Waals surface area contributed by atoms with E-state index in [0.717, 1.165) is 17.1 Å². The van der Waals surface area contributed by atoms with Crippen LogP contribution in [0, 0.1) is 0 Å². The minimum Gasteiger partial charge on any atom is -0.355 e. The van der Waals surface area contributed by atoms with Crippen molar-refractivity contribution in [3.05, 3.63) is 30.1 Å². The van der Waals surface area contributed by atoms with E-state index in [4.69, 9.17) is 0 Å². The molecule has 0 saturated carbocycles. The van der Waals surface area contributed by atoms with Gasteiger partial charge in [0.25, 0.3) is 0 Å². The summed E-state index contributed by atoms with van der Waals surface area (Å²) in [5.41, 5.74) is 1.00. The van der Waals surface area contributed by atoms with E-state index in [0.29, 0.717) is 19.5 Å². The summed E-state index contributed by atoms with van der Waals surface area (Å²) in [5.74, 6) is 1.57. The van der Waals surface area contributed by atoms with Crippen LogP contribution in [0.3, 0.4) is 0 Å². The number of carbonyl (C=O) groups excluding carboxylic acids is 1. The van der Waals surface area contributed by atoms with Crippen LogP contribution < -0.4 is 5.32 Å². The summed E-state index contributed by atoms with van der Waals surface area (Å²) in [6, 6.07) is 3.77. The molecule has 0 aromatic carbocycles. The molecule has 2 rings (SSSR count). The molecule has 1 aliphatic heterocycles. The van der Waals surface area contributed by atoms with Gasteiger partial charge in [-0.3, -0.25) is 9.78 Å². The highest BCUT2D eigenvalue weighted by Gasteiger charge is 2.23. The predicted octanol–water partition coefficient (Wildman–Crippen LogP) is 1.07. The lowest BCUT2D eigenvalue weighted by Crippen LogP contribution is -2.42. The number of amides is 1. The van der Waals surface area contributed by atoms with Crippen molar-refractivity contribution in [1.82, 2.24) is 14.6 Å². The molecule has 128 valence electrons. The number of hydrogen-bond acceptors (Lipinski definition) is 5. The molecule has 0 spiro atoms. The Morgan fingerprint density at radius 3 is 2.83 bits per heavy atom. The lowest BCUT2D eigenvalue weighted by atomic mass is 9.99. The molecular weight excluding hydrogens is 334 g/mol. The maximum atomic E-state index is 12.2. The summed E-state index contributed by atoms with van der Waals surface area (Å²) in [6.45, 7) is 3.25. The lowest BCUT2D eigenvalue weighted by Gasteiger charge is -2.25. The van der Waals surface area contributed by atoms with Crippen molar-refractivity contribution < 1.29 is 13.2 Å². The third kappa shape index (κ3) is 5.78. The van der Waals surface area contributed by atoms with Crippen LogP contribution in [0.4, 0.5) is 0 Å². The summed E-state index contributed by atoms with van der Waals surface area (Å²) in [5, 5.41) is 2.71. The maximum Gasteiger partial charge on any atom is 0.220 e. The largest absolute Gasteiger partial charge is 0.355 e. The molecule has 0 unspecified atom stereocenters. The van der Waals surface area contributed by atoms with Gasteiger partial charge in [0.05, 0.1) is 5.75 Å². The topological polar surface area (TPSA) is 79.4 Å². The molecular formula is C15H23N3O3S2. The second kappa shape index (κ2) is 8.65. The second-order valence-corrected chi connectivity index (χ2v) is 8.88. The van der Waals surface area contributed by atoms with Gasteiger partial charge in [-0.2, -0.15) is 11.8 Å². The Kier molecular flexibility index (Phi) is 6.86. The smallest absolute Gasteiger partial charge is 0.220 e. The average Bonchev–Trinajstić information content (AvgIpc) is 2.56. The Labute approximate surface area is 142 Å². The fourth-order valence-electron chi connectivity index (χ4n) is 2.41. The van der Waals surface area contributed by atoms with Crippen molar-refractivity contribution in [2.45, 2.75) is 19.3 Å². The van der Waals surface area contributed by atoms with Crippen molar-refractivity contribution >= 4 is 27.7 Å². The molecule has 1 amide bonds. The summed E-state index contributed by atoms with van der Waals surface area (Å²) < 4.78 is 25.9. The van der Waals surface area contributed by atoms with Gasteiger partial charge in [-0.25, -0.2) is 12.7 Å². The molecule has 1 aromatic rings. The molecule has 1 aliphatic rings. The number of nitrogens with one attached hydrogen (secondary N) is 1. The van der Waals surface area contributed by atoms with Gasteiger partial charge >= 0.3 is 0 Å². The van der Waals surface area contributed by atoms with Crippen LogP contribution in [0.2, 0.25) is 0 Å². The number of aromatic nitrogens is 1. The van der Waals surface area contributed by atoms with Gasteiger partial charge < -0.3 is 5.32 Å². The van der Waals surface area contributed by atoms with Crippen LogP contribution in [-0.4, -0.2) is 60.5 Å². The maximum absolute atomic E-state index is 12.2. The monoisotopic (exact) mass is 357 g/mol. The third-order valence-corrected chi connectivity index (χ3v) is 6.61. The molecule has 0 bridgehead atoms. The zero-order chi connectivity index (χ0) is 16.7. The first kappa shape index (κ1) is 18.2. The molecule has 0 aliphatic carbocycles. The Hall–Kier alpha value is -1.12. The number of carbonyl (C=O) groups is 1. The minimum atomic E-state index is -3.26. The summed E-state index contributed by atoms with van der Waals surface area (Å²) in [6.07, 6.45) is 3.77. The second-order valence-electron chi connectivity index (χ2n) is 5.57. The quantitative estimate of drug-likeness (QED) is 0.790. The first-order valence-corrected chi connectivity index (χ1v) is 10.5. The van der Waals surface area contributed by atoms with E-state index in [1.807, 2.05) is 19.1 Å². The number of thioether (sulfide) groups is 1. The van der Waals surface area contributed by atoms with Crippen molar-refractivity contribution in [2.24, 2.45) is 0 Å². The number of rotatable bonds is 7. The predicted molar refractivity (Wildman–Crippen MR) is 93.0 cm³/mol. The Morgan fingerprint density at radius 1 is 1.43 bits per heavy atom. The van der Waals surface area contributed by atoms with E-state index in [-0.39, 0.29) is 24.1 Å². The molecule has 8 heteroatoms. The van der Waals surface area contributed by atoms with Crippen molar-refractivity contribution in [3.63, 3.8) is 0 Å². The molecule has 1 fully saturated rings. The normalized spacial score (nSPS) is 17.6. The van der Waals surface area contributed by atoms with E-state index in [1.54, 1.807) is 24.2 Å². The van der Waals surface area contributed by atoms with Gasteiger partial charge in [0.15, 0.2) is 0 Å². The summed E-state index contributed by atoms with van der Waals surface area (Å²) in [7, 11) is -3.26. The van der Waals surface area contributed by atoms with Gasteiger partial charge in [0.1, 0.15) is 0 Å². The SMILES string of the molecule is C[C@@H](CC(=O)NCCS(=O)(=O)N1CCSCC1)c1cccnc1. The molecule has 23 heavy (non-hydrogen) atoms. The van der Waals surface area contributed by atoms with Crippen LogP contribution in [0.15, 0.2) is 24.5 Å². The fourth-order valence-corrected chi connectivity index (χ4v) is 4.90. The fraction of sp³-hybridized carbons (Fsp3) is 0.600. The summed E-state index contributed by atoms with van der Waals surface area (Å²) >= 11 is 1.77. The van der Waals surface area contributed by atoms with Gasteiger partial charge in [-0.15, -0.1) is 0 Å². The highest BCUT2D eigenvalue weighted by molar-refractivity contribution is 7.99. The molecule has 1 atom stereocenters. The minimum absolute atomic E-state index is 0.0370. The molecule has 1 N–H and O–H groups in total. The zero-order valence-corrected chi connectivity index (χ0v) is 14.9. The van der Waals surface area contributed by atoms with Crippen LogP contribution in [0.25, 0.3) is 0 Å². The zero-order valence-electron chi connectivity index (χ0n) is 13.3. The van der Waals surface area contributed by atoms with Crippen LogP contribution in [0.5, 0.6) is 0 Å². The Bertz CT molecular complexity index is 602. The first-order chi connectivity index (χ1) is 11.0.